The molecule has 0 aliphatic rings. The summed E-state index contributed by atoms with van der Waals surface area (Å²) in [5, 5.41) is 0.308. The molecule has 0 aliphatic heterocycles. The van der Waals surface area contributed by atoms with Gasteiger partial charge in [-0.25, -0.2) is 8.42 Å². The number of pyridine rings is 1. The van der Waals surface area contributed by atoms with Crippen molar-refractivity contribution in [2.75, 3.05) is 11.3 Å². The first kappa shape index (κ1) is 19.0. The third-order valence-electron chi connectivity index (χ3n) is 3.72. The first-order chi connectivity index (χ1) is 12.7. The quantitative estimate of drug-likeness (QED) is 0.692. The number of nitrogens with one attached hydrogen (secondary N) is 1. The summed E-state index contributed by atoms with van der Waals surface area (Å²) in [4.78, 5) is 4.06. The lowest BCUT2D eigenvalue weighted by molar-refractivity contribution is -0.137. The van der Waals surface area contributed by atoms with Crippen LogP contribution < -0.4 is 9.46 Å². The number of aromatic nitrogens is 1. The number of rotatable bonds is 5. The van der Waals surface area contributed by atoms with Crippen molar-refractivity contribution in [2.45, 2.75) is 18.0 Å². The Morgan fingerprint density at radius 3 is 2.59 bits per heavy atom. The molecule has 0 radical (unpaired) electrons. The van der Waals surface area contributed by atoms with Crippen LogP contribution in [0.4, 0.5) is 18.9 Å². The highest BCUT2D eigenvalue weighted by molar-refractivity contribution is 7.93. The van der Waals surface area contributed by atoms with Gasteiger partial charge in [0, 0.05) is 17.3 Å². The monoisotopic (exact) mass is 396 g/mol. The summed E-state index contributed by atoms with van der Waals surface area (Å²) in [6.07, 6.45) is -3.07. The van der Waals surface area contributed by atoms with Gasteiger partial charge in [-0.3, -0.25) is 9.71 Å². The Hall–Kier alpha value is -2.81. The average Bonchev–Trinajstić information content (AvgIpc) is 2.61. The number of anilines is 1. The maximum Gasteiger partial charge on any atom is 0.416 e. The fourth-order valence-electron chi connectivity index (χ4n) is 2.60. The molecular weight excluding hydrogens is 381 g/mol. The van der Waals surface area contributed by atoms with Crippen molar-refractivity contribution in [3.63, 3.8) is 0 Å². The van der Waals surface area contributed by atoms with Crippen molar-refractivity contribution in [1.29, 1.82) is 0 Å². The van der Waals surface area contributed by atoms with Crippen LogP contribution in [0.5, 0.6) is 5.75 Å². The molecule has 27 heavy (non-hydrogen) atoms. The first-order valence-corrected chi connectivity index (χ1v) is 9.41. The number of halogens is 3. The van der Waals surface area contributed by atoms with Crippen molar-refractivity contribution in [1.82, 2.24) is 4.98 Å². The van der Waals surface area contributed by atoms with Crippen LogP contribution in [0.1, 0.15) is 12.5 Å². The topological polar surface area (TPSA) is 68.3 Å². The van der Waals surface area contributed by atoms with E-state index in [2.05, 4.69) is 9.71 Å². The zero-order chi connectivity index (χ0) is 19.7. The average molecular weight is 396 g/mol. The van der Waals surface area contributed by atoms with E-state index in [9.17, 15) is 21.6 Å². The van der Waals surface area contributed by atoms with Crippen LogP contribution in [-0.2, 0) is 16.2 Å². The molecule has 0 amide bonds. The Balaban J connectivity index is 2.05. The van der Waals surface area contributed by atoms with Gasteiger partial charge in [-0.2, -0.15) is 13.2 Å². The molecule has 0 spiro atoms. The van der Waals surface area contributed by atoms with Crippen molar-refractivity contribution in [3.05, 3.63) is 60.3 Å². The van der Waals surface area contributed by atoms with E-state index in [4.69, 9.17) is 4.74 Å². The zero-order valence-corrected chi connectivity index (χ0v) is 14.9. The van der Waals surface area contributed by atoms with Crippen LogP contribution >= 0.6 is 0 Å². The summed E-state index contributed by atoms with van der Waals surface area (Å²) in [6, 6.07) is 9.94. The SMILES string of the molecule is CCOc1ccc(S(=O)(=O)Nc2cccc(C(F)(F)F)c2)c2cccnc12. The highest BCUT2D eigenvalue weighted by Gasteiger charge is 2.31. The Morgan fingerprint density at radius 1 is 1.11 bits per heavy atom. The van der Waals surface area contributed by atoms with E-state index in [1.165, 1.54) is 24.4 Å². The molecule has 3 aromatic rings. The number of benzene rings is 2. The van der Waals surface area contributed by atoms with E-state index in [1.807, 2.05) is 0 Å². The molecule has 142 valence electrons. The number of hydrogen-bond donors (Lipinski definition) is 1. The molecule has 0 saturated carbocycles. The molecule has 0 atom stereocenters. The number of fused-ring (bicyclic) bond motifs is 1. The van der Waals surface area contributed by atoms with Gasteiger partial charge in [-0.05, 0) is 49.4 Å². The van der Waals surface area contributed by atoms with E-state index >= 15 is 0 Å². The van der Waals surface area contributed by atoms with Gasteiger partial charge in [-0.15, -0.1) is 0 Å². The Morgan fingerprint density at radius 2 is 1.89 bits per heavy atom. The molecule has 0 aliphatic carbocycles. The van der Waals surface area contributed by atoms with Gasteiger partial charge in [0.15, 0.2) is 0 Å². The minimum absolute atomic E-state index is 0.105. The van der Waals surface area contributed by atoms with Crippen LogP contribution in [-0.4, -0.2) is 20.0 Å². The molecule has 0 saturated heterocycles. The van der Waals surface area contributed by atoms with Crippen molar-refractivity contribution >= 4 is 26.6 Å². The summed E-state index contributed by atoms with van der Waals surface area (Å²) in [7, 11) is -4.15. The molecule has 1 aromatic heterocycles. The molecule has 3 rings (SSSR count). The molecular formula is C18H15F3N2O3S. The molecule has 2 aromatic carbocycles. The lowest BCUT2D eigenvalue weighted by atomic mass is 10.2. The molecule has 1 heterocycles. The second kappa shape index (κ2) is 7.07. The molecule has 0 bridgehead atoms. The highest BCUT2D eigenvalue weighted by atomic mass is 32.2. The number of hydrogen-bond acceptors (Lipinski definition) is 4. The molecule has 0 unspecified atom stereocenters. The summed E-state index contributed by atoms with van der Waals surface area (Å²) in [5.41, 5.74) is -0.775. The molecule has 5 nitrogen and oxygen atoms in total. The van der Waals surface area contributed by atoms with Crippen LogP contribution in [0.3, 0.4) is 0 Å². The summed E-state index contributed by atoms with van der Waals surface area (Å²) >= 11 is 0. The second-order valence-electron chi connectivity index (χ2n) is 5.58. The van der Waals surface area contributed by atoms with Gasteiger partial charge in [-0.1, -0.05) is 6.07 Å². The minimum atomic E-state index is -4.57. The zero-order valence-electron chi connectivity index (χ0n) is 14.1. The molecule has 0 fully saturated rings. The predicted molar refractivity (Wildman–Crippen MR) is 95.2 cm³/mol. The minimum Gasteiger partial charge on any atom is -0.492 e. The van der Waals surface area contributed by atoms with E-state index < -0.39 is 21.8 Å². The molecule has 9 heteroatoms. The number of ether oxygens (including phenoxy) is 1. The van der Waals surface area contributed by atoms with Crippen LogP contribution in [0, 0.1) is 0 Å². The first-order valence-electron chi connectivity index (χ1n) is 7.93. The number of nitrogens with zero attached hydrogens (tertiary/aromatic N) is 1. The van der Waals surface area contributed by atoms with Crippen molar-refractivity contribution in [2.24, 2.45) is 0 Å². The molecule has 1 N–H and O–H groups in total. The maximum atomic E-state index is 12.8. The number of sulfonamides is 1. The Labute approximate surface area is 153 Å². The van der Waals surface area contributed by atoms with Gasteiger partial charge in [0.2, 0.25) is 0 Å². The van der Waals surface area contributed by atoms with E-state index in [1.54, 1.807) is 19.1 Å². The summed E-state index contributed by atoms with van der Waals surface area (Å²) in [5.74, 6) is 0.422. The lowest BCUT2D eigenvalue weighted by Crippen LogP contribution is -2.14. The fraction of sp³-hybridized carbons (Fsp3) is 0.167. The van der Waals surface area contributed by atoms with E-state index in [-0.39, 0.29) is 10.6 Å². The third-order valence-corrected chi connectivity index (χ3v) is 5.16. The van der Waals surface area contributed by atoms with Crippen molar-refractivity contribution < 1.29 is 26.3 Å². The predicted octanol–water partition coefficient (Wildman–Crippen LogP) is 4.45. The van der Waals surface area contributed by atoms with E-state index in [0.29, 0.717) is 23.3 Å². The van der Waals surface area contributed by atoms with Gasteiger partial charge < -0.3 is 4.74 Å². The second-order valence-corrected chi connectivity index (χ2v) is 7.23. The van der Waals surface area contributed by atoms with Gasteiger partial charge >= 0.3 is 6.18 Å². The van der Waals surface area contributed by atoms with Gasteiger partial charge in [0.1, 0.15) is 11.3 Å². The normalized spacial score (nSPS) is 12.1. The van der Waals surface area contributed by atoms with Crippen LogP contribution in [0.25, 0.3) is 10.9 Å². The Bertz CT molecular complexity index is 1080. The van der Waals surface area contributed by atoms with Crippen LogP contribution in [0.2, 0.25) is 0 Å². The van der Waals surface area contributed by atoms with Gasteiger partial charge in [0.05, 0.1) is 17.1 Å². The maximum absolute atomic E-state index is 12.8. The van der Waals surface area contributed by atoms with Gasteiger partial charge in [0.25, 0.3) is 10.0 Å². The smallest absolute Gasteiger partial charge is 0.416 e. The Kier molecular flexibility index (Phi) is 4.97. The lowest BCUT2D eigenvalue weighted by Gasteiger charge is -2.14. The van der Waals surface area contributed by atoms with Crippen molar-refractivity contribution in [3.8, 4) is 5.75 Å². The summed E-state index contributed by atoms with van der Waals surface area (Å²) in [6.45, 7) is 2.16. The largest absolute Gasteiger partial charge is 0.492 e. The fourth-order valence-corrected chi connectivity index (χ4v) is 3.84. The third kappa shape index (κ3) is 3.97. The highest BCUT2D eigenvalue weighted by Crippen LogP contribution is 2.33. The standard InChI is InChI=1S/C18H15F3N2O3S/c1-2-26-15-8-9-16(14-7-4-10-22-17(14)15)27(24,25)23-13-6-3-5-12(11-13)18(19,20)21/h3-11,23H,2H2,1H3. The summed E-state index contributed by atoms with van der Waals surface area (Å²) < 4.78 is 71.8. The number of alkyl halides is 3. The van der Waals surface area contributed by atoms with E-state index in [0.717, 1.165) is 18.2 Å². The van der Waals surface area contributed by atoms with Crippen LogP contribution in [0.15, 0.2) is 59.6 Å².